The molecule has 1 N–H and O–H groups in total. The van der Waals surface area contributed by atoms with Gasteiger partial charge in [0, 0.05) is 12.3 Å². The normalized spacial score (nSPS) is 10.6. The maximum Gasteiger partial charge on any atom is 0.300 e. The van der Waals surface area contributed by atoms with Crippen molar-refractivity contribution in [2.45, 2.75) is 6.61 Å². The van der Waals surface area contributed by atoms with Gasteiger partial charge in [0.25, 0.3) is 0 Å². The molecule has 0 amide bonds. The van der Waals surface area contributed by atoms with Crippen LogP contribution in [0.5, 0.6) is 0 Å². The van der Waals surface area contributed by atoms with E-state index in [-0.39, 0.29) is 12.3 Å². The second-order valence-electron chi connectivity index (χ2n) is 3.42. The van der Waals surface area contributed by atoms with E-state index >= 15 is 0 Å². The summed E-state index contributed by atoms with van der Waals surface area (Å²) in [5, 5.41) is 23.3. The maximum absolute atomic E-state index is 13.6. The minimum Gasteiger partial charge on any atom is -0.390 e. The summed E-state index contributed by atoms with van der Waals surface area (Å²) in [6.45, 7) is -0.385. The fourth-order valence-corrected chi connectivity index (χ4v) is 1.49. The van der Waals surface area contributed by atoms with Crippen LogP contribution >= 0.6 is 0 Å². The average Bonchev–Trinajstić information content (AvgIpc) is 2.76. The molecule has 94 valence electrons. The minimum atomic E-state index is -1.10. The molecule has 2 rings (SSSR count). The molecule has 0 spiro atoms. The summed E-state index contributed by atoms with van der Waals surface area (Å²) in [5.74, 6) is -2.15. The van der Waals surface area contributed by atoms with Crippen molar-refractivity contribution in [2.24, 2.45) is 0 Å². The van der Waals surface area contributed by atoms with E-state index in [1.165, 1.54) is 12.3 Å². The zero-order valence-corrected chi connectivity index (χ0v) is 8.88. The molecule has 1 aromatic carbocycles. The summed E-state index contributed by atoms with van der Waals surface area (Å²) in [6, 6.07) is 2.51. The number of nitro benzene ring substituents is 1. The van der Waals surface area contributed by atoms with E-state index in [9.17, 15) is 18.9 Å². The van der Waals surface area contributed by atoms with Crippen LogP contribution in [-0.4, -0.2) is 19.8 Å². The number of aromatic nitrogens is 2. The average molecular weight is 255 g/mol. The molecule has 0 unspecified atom stereocenters. The molecule has 0 fully saturated rings. The van der Waals surface area contributed by atoms with Crippen molar-refractivity contribution >= 4 is 5.69 Å². The first-order valence-corrected chi connectivity index (χ1v) is 4.82. The third kappa shape index (κ3) is 2.05. The zero-order chi connectivity index (χ0) is 13.3. The molecule has 18 heavy (non-hydrogen) atoms. The molecule has 0 bridgehead atoms. The standard InChI is InChI=1S/C10H7F2N3O3/c11-6-3-8(12)10(9(4-6)15(17)18)14-2-1-7(5-16)13-14/h1-4,16H,5H2. The first-order chi connectivity index (χ1) is 8.52. The van der Waals surface area contributed by atoms with E-state index in [1.54, 1.807) is 0 Å². The number of hydrogen-bond donors (Lipinski definition) is 1. The lowest BCUT2D eigenvalue weighted by atomic mass is 10.2. The third-order valence-corrected chi connectivity index (χ3v) is 2.24. The number of halogens is 2. The predicted octanol–water partition coefficient (Wildman–Crippen LogP) is 1.55. The van der Waals surface area contributed by atoms with E-state index in [0.717, 1.165) is 4.68 Å². The number of nitro groups is 1. The monoisotopic (exact) mass is 255 g/mol. The Hall–Kier alpha value is -2.35. The lowest BCUT2D eigenvalue weighted by molar-refractivity contribution is -0.385. The molecule has 0 aliphatic rings. The third-order valence-electron chi connectivity index (χ3n) is 2.24. The van der Waals surface area contributed by atoms with Gasteiger partial charge in [-0.2, -0.15) is 5.10 Å². The highest BCUT2D eigenvalue weighted by Gasteiger charge is 2.22. The summed E-state index contributed by atoms with van der Waals surface area (Å²) in [4.78, 5) is 9.86. The highest BCUT2D eigenvalue weighted by Crippen LogP contribution is 2.26. The first kappa shape index (κ1) is 12.1. The van der Waals surface area contributed by atoms with Crippen LogP contribution < -0.4 is 0 Å². The van der Waals surface area contributed by atoms with Gasteiger partial charge in [-0.05, 0) is 6.07 Å². The molecular formula is C10H7F2N3O3. The van der Waals surface area contributed by atoms with E-state index in [2.05, 4.69) is 5.10 Å². The van der Waals surface area contributed by atoms with Crippen molar-refractivity contribution in [1.29, 1.82) is 0 Å². The zero-order valence-electron chi connectivity index (χ0n) is 8.88. The van der Waals surface area contributed by atoms with Gasteiger partial charge in [0.15, 0.2) is 11.5 Å². The van der Waals surface area contributed by atoms with Crippen molar-refractivity contribution in [3.8, 4) is 5.69 Å². The Balaban J connectivity index is 2.65. The Bertz CT molecular complexity index is 612. The summed E-state index contributed by atoms with van der Waals surface area (Å²) in [7, 11) is 0. The largest absolute Gasteiger partial charge is 0.390 e. The highest BCUT2D eigenvalue weighted by molar-refractivity contribution is 5.53. The van der Waals surface area contributed by atoms with Gasteiger partial charge in [0.05, 0.1) is 23.3 Å². The Morgan fingerprint density at radius 3 is 2.72 bits per heavy atom. The van der Waals surface area contributed by atoms with E-state index in [0.29, 0.717) is 12.1 Å². The van der Waals surface area contributed by atoms with Crippen LogP contribution in [0.15, 0.2) is 24.4 Å². The lowest BCUT2D eigenvalue weighted by Crippen LogP contribution is -2.05. The van der Waals surface area contributed by atoms with Gasteiger partial charge in [-0.25, -0.2) is 13.5 Å². The molecule has 0 aliphatic carbocycles. The van der Waals surface area contributed by atoms with Crippen LogP contribution in [0.1, 0.15) is 5.69 Å². The van der Waals surface area contributed by atoms with Crippen molar-refractivity contribution < 1.29 is 18.8 Å². The highest BCUT2D eigenvalue weighted by atomic mass is 19.1. The predicted molar refractivity (Wildman–Crippen MR) is 56.1 cm³/mol. The number of nitrogens with zero attached hydrogens (tertiary/aromatic N) is 3. The number of hydrogen-bond acceptors (Lipinski definition) is 4. The van der Waals surface area contributed by atoms with Crippen molar-refractivity contribution in [2.75, 3.05) is 0 Å². The molecule has 8 heteroatoms. The molecule has 0 atom stereocenters. The molecule has 0 aliphatic heterocycles. The molecule has 0 saturated heterocycles. The van der Waals surface area contributed by atoms with Crippen molar-refractivity contribution in [3.05, 3.63) is 51.8 Å². The van der Waals surface area contributed by atoms with E-state index in [4.69, 9.17) is 5.11 Å². The second-order valence-corrected chi connectivity index (χ2v) is 3.42. The quantitative estimate of drug-likeness (QED) is 0.666. The Labute approximate surface area is 99.2 Å². The van der Waals surface area contributed by atoms with Crippen LogP contribution in [-0.2, 0) is 6.61 Å². The van der Waals surface area contributed by atoms with E-state index in [1.807, 2.05) is 0 Å². The van der Waals surface area contributed by atoms with Gasteiger partial charge in [-0.1, -0.05) is 0 Å². The van der Waals surface area contributed by atoms with E-state index < -0.39 is 27.9 Å². The number of aliphatic hydroxyl groups is 1. The summed E-state index contributed by atoms with van der Waals surface area (Å²) < 4.78 is 27.4. The maximum atomic E-state index is 13.6. The van der Waals surface area contributed by atoms with Crippen LogP contribution in [0.3, 0.4) is 0 Å². The van der Waals surface area contributed by atoms with Gasteiger partial charge < -0.3 is 5.11 Å². The molecule has 1 heterocycles. The molecule has 6 nitrogen and oxygen atoms in total. The molecular weight excluding hydrogens is 248 g/mol. The van der Waals surface area contributed by atoms with Gasteiger partial charge in [-0.3, -0.25) is 10.1 Å². The summed E-state index contributed by atoms with van der Waals surface area (Å²) in [5.41, 5.74) is -0.991. The van der Waals surface area contributed by atoms with Gasteiger partial charge in [0.1, 0.15) is 5.82 Å². The first-order valence-electron chi connectivity index (χ1n) is 4.82. The van der Waals surface area contributed by atoms with Crippen LogP contribution in [0.25, 0.3) is 5.69 Å². The Morgan fingerprint density at radius 2 is 2.17 bits per heavy atom. The molecule has 0 radical (unpaired) electrons. The van der Waals surface area contributed by atoms with Gasteiger partial charge >= 0.3 is 5.69 Å². The second kappa shape index (κ2) is 4.49. The number of rotatable bonds is 3. The van der Waals surface area contributed by atoms with Crippen LogP contribution in [0.2, 0.25) is 0 Å². The van der Waals surface area contributed by atoms with Gasteiger partial charge in [-0.15, -0.1) is 0 Å². The van der Waals surface area contributed by atoms with Crippen molar-refractivity contribution in [1.82, 2.24) is 9.78 Å². The van der Waals surface area contributed by atoms with Crippen LogP contribution in [0.4, 0.5) is 14.5 Å². The number of benzene rings is 1. The topological polar surface area (TPSA) is 81.2 Å². The van der Waals surface area contributed by atoms with Gasteiger partial charge in [0.2, 0.25) is 0 Å². The summed E-state index contributed by atoms with van der Waals surface area (Å²) >= 11 is 0. The Morgan fingerprint density at radius 1 is 1.44 bits per heavy atom. The molecule has 0 saturated carbocycles. The lowest BCUT2D eigenvalue weighted by Gasteiger charge is -2.04. The minimum absolute atomic E-state index is 0.216. The number of aliphatic hydroxyl groups excluding tert-OH is 1. The SMILES string of the molecule is O=[N+]([O-])c1cc(F)cc(F)c1-n1ccc(CO)n1. The summed E-state index contributed by atoms with van der Waals surface area (Å²) in [6.07, 6.45) is 1.24. The smallest absolute Gasteiger partial charge is 0.300 e. The van der Waals surface area contributed by atoms with Crippen molar-refractivity contribution in [3.63, 3.8) is 0 Å². The molecule has 2 aromatic rings. The van der Waals surface area contributed by atoms with Crippen LogP contribution in [0, 0.1) is 21.7 Å². The Kier molecular flexibility index (Phi) is 3.02. The fraction of sp³-hybridized carbons (Fsp3) is 0.100. The fourth-order valence-electron chi connectivity index (χ4n) is 1.49. The molecule has 1 aromatic heterocycles.